The molecule has 15 heavy (non-hydrogen) atoms. The minimum Gasteiger partial charge on any atom is -0.397 e. The average molecular weight is 197 g/mol. The number of nitrogens with two attached hydrogens (primary N) is 1. The molecule has 0 saturated carbocycles. The summed E-state index contributed by atoms with van der Waals surface area (Å²) in [5.41, 5.74) is 10.5. The van der Waals surface area contributed by atoms with E-state index in [-0.39, 0.29) is 0 Å². The molecular weight excluding hydrogens is 186 g/mol. The van der Waals surface area contributed by atoms with Crippen molar-refractivity contribution >= 4 is 17.1 Å². The molecule has 3 rings (SSSR count). The molecule has 74 valence electrons. The van der Waals surface area contributed by atoms with Gasteiger partial charge in [0.2, 0.25) is 0 Å². The Morgan fingerprint density at radius 2 is 2.07 bits per heavy atom. The minimum absolute atomic E-state index is 0.759. The zero-order chi connectivity index (χ0) is 10.3. The van der Waals surface area contributed by atoms with Crippen molar-refractivity contribution in [2.45, 2.75) is 6.42 Å². The van der Waals surface area contributed by atoms with Gasteiger partial charge in [-0.05, 0) is 18.6 Å². The Bertz CT molecular complexity index is 509. The molecule has 1 heterocycles. The van der Waals surface area contributed by atoms with Crippen LogP contribution < -0.4 is 11.1 Å². The molecule has 0 amide bonds. The Kier molecular flexibility index (Phi) is 1.65. The number of hydrogen-bond donors (Lipinski definition) is 2. The van der Waals surface area contributed by atoms with Gasteiger partial charge in [-0.15, -0.1) is 0 Å². The second-order valence-electron chi connectivity index (χ2n) is 3.62. The molecule has 0 saturated heterocycles. The van der Waals surface area contributed by atoms with Crippen LogP contribution in [-0.2, 0) is 0 Å². The largest absolute Gasteiger partial charge is 0.397 e. The summed E-state index contributed by atoms with van der Waals surface area (Å²) in [4.78, 5) is 4.54. The fourth-order valence-electron chi connectivity index (χ4n) is 1.83. The highest BCUT2D eigenvalue weighted by Gasteiger charge is 2.19. The third kappa shape index (κ3) is 1.24. The molecule has 3 nitrogen and oxygen atoms in total. The van der Waals surface area contributed by atoms with E-state index in [1.807, 2.05) is 30.3 Å². The summed E-state index contributed by atoms with van der Waals surface area (Å²) in [5, 5.41) is 3.34. The number of nitrogens with one attached hydrogen (secondary N) is 1. The predicted octanol–water partition coefficient (Wildman–Crippen LogP) is 2.31. The van der Waals surface area contributed by atoms with Gasteiger partial charge in [0.1, 0.15) is 5.71 Å². The van der Waals surface area contributed by atoms with Crippen molar-refractivity contribution < 1.29 is 0 Å². The minimum atomic E-state index is 0.759. The maximum absolute atomic E-state index is 5.90. The molecule has 2 aliphatic rings. The molecule has 1 aliphatic carbocycles. The lowest BCUT2D eigenvalue weighted by Crippen LogP contribution is -2.23. The second-order valence-corrected chi connectivity index (χ2v) is 3.62. The van der Waals surface area contributed by atoms with Crippen LogP contribution in [0.2, 0.25) is 0 Å². The molecule has 0 fully saturated rings. The fraction of sp³-hybridized carbons (Fsp3) is 0.0833. The second kappa shape index (κ2) is 2.98. The Hall–Kier alpha value is -2.03. The molecule has 1 aliphatic heterocycles. The maximum Gasteiger partial charge on any atom is 0.109 e. The number of aliphatic imine (C=N–C) groups is 1. The van der Waals surface area contributed by atoms with Crippen LogP contribution in [0.25, 0.3) is 0 Å². The quantitative estimate of drug-likeness (QED) is 0.670. The van der Waals surface area contributed by atoms with Gasteiger partial charge in [0.25, 0.3) is 0 Å². The zero-order valence-corrected chi connectivity index (χ0v) is 8.20. The smallest absolute Gasteiger partial charge is 0.109 e. The molecule has 0 spiro atoms. The van der Waals surface area contributed by atoms with Crippen LogP contribution in [0.15, 0.2) is 52.8 Å². The third-order valence-electron chi connectivity index (χ3n) is 2.59. The summed E-state index contributed by atoms with van der Waals surface area (Å²) in [6, 6.07) is 7.97. The van der Waals surface area contributed by atoms with Crippen molar-refractivity contribution in [1.29, 1.82) is 0 Å². The first kappa shape index (κ1) is 8.29. The Balaban J connectivity index is 2.18. The molecule has 0 aromatic heterocycles. The molecule has 3 heteroatoms. The molecule has 1 aromatic carbocycles. The van der Waals surface area contributed by atoms with E-state index >= 15 is 0 Å². The summed E-state index contributed by atoms with van der Waals surface area (Å²) in [7, 11) is 0. The van der Waals surface area contributed by atoms with Crippen LogP contribution in [0, 0.1) is 0 Å². The summed E-state index contributed by atoms with van der Waals surface area (Å²) in [6.07, 6.45) is 4.96. The number of nitrogens with zero attached hydrogens (tertiary/aromatic N) is 1. The van der Waals surface area contributed by atoms with Gasteiger partial charge in [0, 0.05) is 0 Å². The van der Waals surface area contributed by atoms with E-state index in [4.69, 9.17) is 5.73 Å². The molecule has 3 N–H and O–H groups in total. The van der Waals surface area contributed by atoms with Crippen LogP contribution in [0.3, 0.4) is 0 Å². The van der Waals surface area contributed by atoms with Crippen LogP contribution >= 0.6 is 0 Å². The first-order valence-corrected chi connectivity index (χ1v) is 4.96. The van der Waals surface area contributed by atoms with E-state index in [0.29, 0.717) is 0 Å². The van der Waals surface area contributed by atoms with E-state index in [1.165, 1.54) is 0 Å². The number of hydrogen-bond acceptors (Lipinski definition) is 3. The lowest BCUT2D eigenvalue weighted by Gasteiger charge is -2.22. The molecular formula is C12H11N3. The standard InChI is InChI=1S/C12H11N3/c13-8-4-3-7-11-12(8)15-10-6-2-1-5-9(10)14-11/h1-2,4-7,14H,3,13H2. The number of fused-ring (bicyclic) bond motifs is 2. The normalized spacial score (nSPS) is 17.7. The van der Waals surface area contributed by atoms with E-state index in [0.717, 1.165) is 34.9 Å². The maximum atomic E-state index is 5.90. The topological polar surface area (TPSA) is 50.4 Å². The third-order valence-corrected chi connectivity index (χ3v) is 2.59. The highest BCUT2D eigenvalue weighted by Crippen LogP contribution is 2.32. The summed E-state index contributed by atoms with van der Waals surface area (Å²) >= 11 is 0. The summed E-state index contributed by atoms with van der Waals surface area (Å²) in [6.45, 7) is 0. The zero-order valence-electron chi connectivity index (χ0n) is 8.20. The molecule has 0 bridgehead atoms. The van der Waals surface area contributed by atoms with Gasteiger partial charge in [-0.3, -0.25) is 0 Å². The van der Waals surface area contributed by atoms with Crippen molar-refractivity contribution in [2.75, 3.05) is 5.32 Å². The SMILES string of the molecule is NC1=CCC=C2Nc3ccccc3N=C12. The van der Waals surface area contributed by atoms with Gasteiger partial charge in [-0.2, -0.15) is 0 Å². The van der Waals surface area contributed by atoms with Crippen LogP contribution in [0.1, 0.15) is 6.42 Å². The first-order valence-electron chi connectivity index (χ1n) is 4.96. The Morgan fingerprint density at radius 3 is 3.00 bits per heavy atom. The Labute approximate surface area is 88.0 Å². The molecule has 0 radical (unpaired) electrons. The van der Waals surface area contributed by atoms with Crippen molar-refractivity contribution in [2.24, 2.45) is 10.7 Å². The van der Waals surface area contributed by atoms with E-state index in [9.17, 15) is 0 Å². The van der Waals surface area contributed by atoms with Crippen molar-refractivity contribution in [3.05, 3.63) is 47.8 Å². The Morgan fingerprint density at radius 1 is 1.20 bits per heavy atom. The van der Waals surface area contributed by atoms with Crippen LogP contribution in [-0.4, -0.2) is 5.71 Å². The lowest BCUT2D eigenvalue weighted by molar-refractivity contribution is 1.23. The monoisotopic (exact) mass is 197 g/mol. The molecule has 0 atom stereocenters. The van der Waals surface area contributed by atoms with Crippen molar-refractivity contribution in [3.8, 4) is 0 Å². The highest BCUT2D eigenvalue weighted by atomic mass is 15.0. The van der Waals surface area contributed by atoms with E-state index in [2.05, 4.69) is 16.4 Å². The van der Waals surface area contributed by atoms with Gasteiger partial charge in [0.15, 0.2) is 0 Å². The van der Waals surface area contributed by atoms with Gasteiger partial charge in [0.05, 0.1) is 22.8 Å². The van der Waals surface area contributed by atoms with Crippen LogP contribution in [0.5, 0.6) is 0 Å². The lowest BCUT2D eigenvalue weighted by atomic mass is 10.0. The number of rotatable bonds is 0. The molecule has 1 aromatic rings. The first-order chi connectivity index (χ1) is 7.34. The number of para-hydroxylation sites is 2. The van der Waals surface area contributed by atoms with Gasteiger partial charge >= 0.3 is 0 Å². The van der Waals surface area contributed by atoms with Crippen molar-refractivity contribution in [3.63, 3.8) is 0 Å². The van der Waals surface area contributed by atoms with Gasteiger partial charge < -0.3 is 11.1 Å². The number of benzene rings is 1. The van der Waals surface area contributed by atoms with Gasteiger partial charge in [-0.1, -0.05) is 24.3 Å². The van der Waals surface area contributed by atoms with Gasteiger partial charge in [-0.25, -0.2) is 4.99 Å². The summed E-state index contributed by atoms with van der Waals surface area (Å²) < 4.78 is 0. The number of anilines is 1. The van der Waals surface area contributed by atoms with E-state index in [1.54, 1.807) is 0 Å². The van der Waals surface area contributed by atoms with E-state index < -0.39 is 0 Å². The summed E-state index contributed by atoms with van der Waals surface area (Å²) in [5.74, 6) is 0. The number of allylic oxidation sites excluding steroid dienone is 2. The van der Waals surface area contributed by atoms with Crippen molar-refractivity contribution in [1.82, 2.24) is 0 Å². The van der Waals surface area contributed by atoms with Crippen LogP contribution in [0.4, 0.5) is 11.4 Å². The fourth-order valence-corrected chi connectivity index (χ4v) is 1.83. The molecule has 0 unspecified atom stereocenters. The highest BCUT2D eigenvalue weighted by molar-refractivity contribution is 6.17. The average Bonchev–Trinajstić information content (AvgIpc) is 2.27. The predicted molar refractivity (Wildman–Crippen MR) is 62.1 cm³/mol.